The number of halogens is 2. The third-order valence-corrected chi connectivity index (χ3v) is 2.80. The van der Waals surface area contributed by atoms with E-state index in [0.717, 1.165) is 11.1 Å². The van der Waals surface area contributed by atoms with Crippen molar-refractivity contribution in [3.63, 3.8) is 0 Å². The minimum absolute atomic E-state index is 0.0432. The van der Waals surface area contributed by atoms with E-state index in [1.807, 2.05) is 6.07 Å². The molecule has 1 aromatic carbocycles. The Bertz CT molecular complexity index is 557. The Labute approximate surface area is 109 Å². The first-order valence-corrected chi connectivity index (χ1v) is 5.87. The Balaban J connectivity index is 2.01. The summed E-state index contributed by atoms with van der Waals surface area (Å²) in [5.41, 5.74) is 1.59. The second kappa shape index (κ2) is 5.74. The van der Waals surface area contributed by atoms with Crippen molar-refractivity contribution in [1.82, 2.24) is 4.98 Å². The van der Waals surface area contributed by atoms with Gasteiger partial charge in [-0.25, -0.2) is 4.39 Å². The Morgan fingerprint density at radius 1 is 1.22 bits per heavy atom. The number of aromatic nitrogens is 1. The lowest BCUT2D eigenvalue weighted by Gasteiger charge is -2.03. The highest BCUT2D eigenvalue weighted by molar-refractivity contribution is 6.30. The van der Waals surface area contributed by atoms with Gasteiger partial charge in [-0.1, -0.05) is 23.7 Å². The van der Waals surface area contributed by atoms with E-state index in [0.29, 0.717) is 6.42 Å². The fourth-order valence-electron chi connectivity index (χ4n) is 1.67. The number of rotatable bonds is 4. The second-order valence-electron chi connectivity index (χ2n) is 4.00. The molecular formula is C14H11ClFNO. The molecule has 0 radical (unpaired) electrons. The van der Waals surface area contributed by atoms with Crippen LogP contribution in [0.15, 0.2) is 42.7 Å². The molecule has 2 rings (SSSR count). The maximum atomic E-state index is 13.0. The fraction of sp³-hybridized carbons (Fsp3) is 0.143. The van der Waals surface area contributed by atoms with Gasteiger partial charge >= 0.3 is 0 Å². The van der Waals surface area contributed by atoms with E-state index in [4.69, 9.17) is 11.6 Å². The van der Waals surface area contributed by atoms with Crippen LogP contribution in [0.4, 0.5) is 4.39 Å². The Morgan fingerprint density at radius 2 is 2.00 bits per heavy atom. The van der Waals surface area contributed by atoms with Gasteiger partial charge in [0.05, 0.1) is 5.02 Å². The predicted octanol–water partition coefficient (Wildman–Crippen LogP) is 3.23. The summed E-state index contributed by atoms with van der Waals surface area (Å²) in [6.07, 6.45) is 3.89. The molecule has 18 heavy (non-hydrogen) atoms. The summed E-state index contributed by atoms with van der Waals surface area (Å²) in [5, 5.41) is 0.0432. The van der Waals surface area contributed by atoms with E-state index in [2.05, 4.69) is 4.98 Å². The Morgan fingerprint density at radius 3 is 2.67 bits per heavy atom. The summed E-state index contributed by atoms with van der Waals surface area (Å²) in [6, 6.07) is 7.97. The van der Waals surface area contributed by atoms with Crippen LogP contribution in [0.25, 0.3) is 0 Å². The lowest BCUT2D eigenvalue weighted by Crippen LogP contribution is -2.06. The van der Waals surface area contributed by atoms with Gasteiger partial charge in [0.25, 0.3) is 0 Å². The predicted molar refractivity (Wildman–Crippen MR) is 68.1 cm³/mol. The van der Waals surface area contributed by atoms with Crippen LogP contribution in [0.1, 0.15) is 11.1 Å². The van der Waals surface area contributed by atoms with Crippen LogP contribution in [0.2, 0.25) is 5.02 Å². The van der Waals surface area contributed by atoms with Gasteiger partial charge in [0.2, 0.25) is 0 Å². The number of nitrogens with zero attached hydrogens (tertiary/aromatic N) is 1. The molecule has 4 heteroatoms. The highest BCUT2D eigenvalue weighted by Crippen LogP contribution is 2.16. The standard InChI is InChI=1S/C14H11ClFNO/c15-13-8-10(3-4-14(13)16)6-12(18)7-11-2-1-5-17-9-11/h1-5,8-9H,6-7H2. The zero-order valence-corrected chi connectivity index (χ0v) is 10.3. The maximum Gasteiger partial charge on any atom is 0.141 e. The lowest BCUT2D eigenvalue weighted by molar-refractivity contribution is -0.117. The van der Waals surface area contributed by atoms with Crippen molar-refractivity contribution in [3.05, 3.63) is 64.7 Å². The minimum Gasteiger partial charge on any atom is -0.299 e. The average Bonchev–Trinajstić information content (AvgIpc) is 2.35. The molecule has 92 valence electrons. The van der Waals surface area contributed by atoms with Gasteiger partial charge in [-0.3, -0.25) is 9.78 Å². The normalized spacial score (nSPS) is 10.3. The van der Waals surface area contributed by atoms with Gasteiger partial charge in [-0.05, 0) is 29.3 Å². The molecular weight excluding hydrogens is 253 g/mol. The summed E-state index contributed by atoms with van der Waals surface area (Å²) >= 11 is 5.66. The number of carbonyl (C=O) groups is 1. The van der Waals surface area contributed by atoms with E-state index in [9.17, 15) is 9.18 Å². The van der Waals surface area contributed by atoms with Crippen LogP contribution >= 0.6 is 11.6 Å². The summed E-state index contributed by atoms with van der Waals surface area (Å²) in [4.78, 5) is 15.8. The van der Waals surface area contributed by atoms with Gasteiger partial charge in [-0.2, -0.15) is 0 Å². The van der Waals surface area contributed by atoms with Gasteiger partial charge in [0.1, 0.15) is 11.6 Å². The van der Waals surface area contributed by atoms with E-state index in [1.165, 1.54) is 12.1 Å². The van der Waals surface area contributed by atoms with E-state index < -0.39 is 5.82 Å². The number of benzene rings is 1. The molecule has 0 bridgehead atoms. The molecule has 0 aliphatic heterocycles. The molecule has 0 amide bonds. The SMILES string of the molecule is O=C(Cc1cccnc1)Cc1ccc(F)c(Cl)c1. The number of ketones is 1. The first-order chi connectivity index (χ1) is 8.65. The second-order valence-corrected chi connectivity index (χ2v) is 4.41. The van der Waals surface area contributed by atoms with Crippen LogP contribution < -0.4 is 0 Å². The summed E-state index contributed by atoms with van der Waals surface area (Å²) < 4.78 is 13.0. The largest absolute Gasteiger partial charge is 0.299 e. The number of carbonyl (C=O) groups excluding carboxylic acids is 1. The molecule has 1 aromatic heterocycles. The lowest BCUT2D eigenvalue weighted by atomic mass is 10.0. The highest BCUT2D eigenvalue weighted by Gasteiger charge is 2.07. The van der Waals surface area contributed by atoms with Gasteiger partial charge in [-0.15, -0.1) is 0 Å². The van der Waals surface area contributed by atoms with Crippen LogP contribution in [0.5, 0.6) is 0 Å². The van der Waals surface area contributed by atoms with E-state index in [-0.39, 0.29) is 17.2 Å². The topological polar surface area (TPSA) is 30.0 Å². The molecule has 0 atom stereocenters. The van der Waals surface area contributed by atoms with Crippen molar-refractivity contribution in [3.8, 4) is 0 Å². The van der Waals surface area contributed by atoms with Crippen molar-refractivity contribution in [1.29, 1.82) is 0 Å². The smallest absolute Gasteiger partial charge is 0.141 e. The van der Waals surface area contributed by atoms with Crippen LogP contribution in [0.3, 0.4) is 0 Å². The van der Waals surface area contributed by atoms with Crippen molar-refractivity contribution in [2.24, 2.45) is 0 Å². The zero-order chi connectivity index (χ0) is 13.0. The Hall–Kier alpha value is -1.74. The summed E-state index contributed by atoms with van der Waals surface area (Å²) in [6.45, 7) is 0. The van der Waals surface area contributed by atoms with Crippen LogP contribution in [-0.2, 0) is 17.6 Å². The third kappa shape index (κ3) is 3.37. The van der Waals surface area contributed by atoms with E-state index >= 15 is 0 Å². The molecule has 0 saturated heterocycles. The molecule has 0 saturated carbocycles. The van der Waals surface area contributed by atoms with Gasteiger partial charge in [0.15, 0.2) is 0 Å². The van der Waals surface area contributed by atoms with Crippen molar-refractivity contribution in [2.75, 3.05) is 0 Å². The number of hydrogen-bond acceptors (Lipinski definition) is 2. The molecule has 0 unspecified atom stereocenters. The molecule has 2 nitrogen and oxygen atoms in total. The molecule has 0 spiro atoms. The van der Waals surface area contributed by atoms with E-state index in [1.54, 1.807) is 24.5 Å². The van der Waals surface area contributed by atoms with Crippen molar-refractivity contribution in [2.45, 2.75) is 12.8 Å². The molecule has 0 aliphatic rings. The Kier molecular flexibility index (Phi) is 4.05. The molecule has 0 N–H and O–H groups in total. The molecule has 0 fully saturated rings. The average molecular weight is 264 g/mol. The van der Waals surface area contributed by atoms with Crippen molar-refractivity contribution < 1.29 is 9.18 Å². The molecule has 0 aliphatic carbocycles. The quantitative estimate of drug-likeness (QED) is 0.848. The number of pyridine rings is 1. The van der Waals surface area contributed by atoms with Crippen LogP contribution in [-0.4, -0.2) is 10.8 Å². The van der Waals surface area contributed by atoms with Crippen molar-refractivity contribution >= 4 is 17.4 Å². The number of Topliss-reactive ketones (excluding diaryl/α,β-unsaturated/α-hetero) is 1. The first-order valence-electron chi connectivity index (χ1n) is 5.49. The fourth-order valence-corrected chi connectivity index (χ4v) is 1.87. The first kappa shape index (κ1) is 12.7. The summed E-state index contributed by atoms with van der Waals surface area (Å²) in [7, 11) is 0. The molecule has 2 aromatic rings. The van der Waals surface area contributed by atoms with Crippen LogP contribution in [0, 0.1) is 5.82 Å². The number of hydrogen-bond donors (Lipinski definition) is 0. The summed E-state index contributed by atoms with van der Waals surface area (Å²) in [5.74, 6) is -0.425. The maximum absolute atomic E-state index is 13.0. The molecule has 1 heterocycles. The minimum atomic E-state index is -0.472. The third-order valence-electron chi connectivity index (χ3n) is 2.51. The highest BCUT2D eigenvalue weighted by atomic mass is 35.5. The van der Waals surface area contributed by atoms with Gasteiger partial charge in [0, 0.05) is 25.2 Å². The van der Waals surface area contributed by atoms with Gasteiger partial charge < -0.3 is 0 Å². The zero-order valence-electron chi connectivity index (χ0n) is 9.57. The monoisotopic (exact) mass is 263 g/mol.